The molecule has 1 aliphatic rings. The molecule has 0 spiro atoms. The van der Waals surface area contributed by atoms with Crippen LogP contribution in [0.5, 0.6) is 0 Å². The standard InChI is InChI=1S/C15H24N2O5S/c1-11-7-12(16-22-11)8-21-9-14(18)17-5-6-23(19,20)10-13(17)15(2,3)4/h7,13H,5-6,8-10H2,1-4H3. The van der Waals surface area contributed by atoms with E-state index in [1.807, 2.05) is 20.8 Å². The molecule has 1 aromatic heterocycles. The summed E-state index contributed by atoms with van der Waals surface area (Å²) in [5.41, 5.74) is 0.315. The van der Waals surface area contributed by atoms with Gasteiger partial charge in [0.1, 0.15) is 18.1 Å². The maximum atomic E-state index is 12.4. The lowest BCUT2D eigenvalue weighted by molar-refractivity contribution is -0.140. The van der Waals surface area contributed by atoms with E-state index in [0.717, 1.165) is 0 Å². The van der Waals surface area contributed by atoms with Crippen LogP contribution in [-0.4, -0.2) is 55.1 Å². The number of amides is 1. The molecular weight excluding hydrogens is 320 g/mol. The van der Waals surface area contributed by atoms with Crippen LogP contribution in [0.4, 0.5) is 0 Å². The molecule has 1 amide bonds. The number of carbonyl (C=O) groups excluding carboxylic acids is 1. The Morgan fingerprint density at radius 1 is 1.48 bits per heavy atom. The van der Waals surface area contributed by atoms with E-state index in [9.17, 15) is 13.2 Å². The van der Waals surface area contributed by atoms with Crippen LogP contribution in [0.15, 0.2) is 10.6 Å². The lowest BCUT2D eigenvalue weighted by atomic mass is 9.86. The first-order valence-electron chi connectivity index (χ1n) is 7.58. The normalized spacial score (nSPS) is 21.4. The molecule has 0 radical (unpaired) electrons. The number of aromatic nitrogens is 1. The summed E-state index contributed by atoms with van der Waals surface area (Å²) in [7, 11) is -3.10. The Labute approximate surface area is 136 Å². The molecule has 8 heteroatoms. The minimum Gasteiger partial charge on any atom is -0.365 e. The average molecular weight is 344 g/mol. The van der Waals surface area contributed by atoms with Crippen molar-refractivity contribution in [1.82, 2.24) is 10.1 Å². The highest BCUT2D eigenvalue weighted by atomic mass is 32.2. The molecule has 2 heterocycles. The van der Waals surface area contributed by atoms with E-state index < -0.39 is 9.84 Å². The second-order valence-electron chi connectivity index (χ2n) is 7.01. The van der Waals surface area contributed by atoms with Gasteiger partial charge in [-0.15, -0.1) is 0 Å². The first-order valence-corrected chi connectivity index (χ1v) is 9.40. The summed E-state index contributed by atoms with van der Waals surface area (Å²) in [6.07, 6.45) is 0. The number of rotatable bonds is 4. The molecule has 0 saturated carbocycles. The minimum atomic E-state index is -3.10. The number of aryl methyl sites for hydroxylation is 1. The summed E-state index contributed by atoms with van der Waals surface area (Å²) in [6.45, 7) is 7.92. The van der Waals surface area contributed by atoms with Gasteiger partial charge in [0.25, 0.3) is 0 Å². The second kappa shape index (κ2) is 6.60. The number of hydrogen-bond acceptors (Lipinski definition) is 6. The van der Waals surface area contributed by atoms with Crippen molar-refractivity contribution in [2.75, 3.05) is 24.7 Å². The monoisotopic (exact) mass is 344 g/mol. The van der Waals surface area contributed by atoms with E-state index in [2.05, 4.69) is 5.16 Å². The van der Waals surface area contributed by atoms with Crippen molar-refractivity contribution in [1.29, 1.82) is 0 Å². The van der Waals surface area contributed by atoms with Crippen LogP contribution in [0.25, 0.3) is 0 Å². The SMILES string of the molecule is Cc1cc(COCC(=O)N2CCS(=O)(=O)CC2C(C)(C)C)no1. The third kappa shape index (κ3) is 4.78. The molecule has 2 rings (SSSR count). The lowest BCUT2D eigenvalue weighted by Gasteiger charge is -2.42. The number of carbonyl (C=O) groups is 1. The highest BCUT2D eigenvalue weighted by Gasteiger charge is 2.40. The van der Waals surface area contributed by atoms with Gasteiger partial charge >= 0.3 is 0 Å². The second-order valence-corrected chi connectivity index (χ2v) is 9.23. The summed E-state index contributed by atoms with van der Waals surface area (Å²) in [5.74, 6) is 0.502. The zero-order valence-electron chi connectivity index (χ0n) is 14.0. The van der Waals surface area contributed by atoms with E-state index in [-0.39, 0.29) is 48.6 Å². The lowest BCUT2D eigenvalue weighted by Crippen LogP contribution is -2.57. The Morgan fingerprint density at radius 3 is 2.74 bits per heavy atom. The number of nitrogens with zero attached hydrogens (tertiary/aromatic N) is 2. The van der Waals surface area contributed by atoms with Crippen molar-refractivity contribution >= 4 is 15.7 Å². The molecule has 1 aromatic rings. The predicted molar refractivity (Wildman–Crippen MR) is 84.5 cm³/mol. The summed E-state index contributed by atoms with van der Waals surface area (Å²) in [6, 6.07) is 1.40. The molecule has 1 saturated heterocycles. The largest absolute Gasteiger partial charge is 0.365 e. The van der Waals surface area contributed by atoms with Crippen molar-refractivity contribution in [2.24, 2.45) is 5.41 Å². The molecule has 0 bridgehead atoms. The molecule has 1 aliphatic heterocycles. The summed E-state index contributed by atoms with van der Waals surface area (Å²) >= 11 is 0. The van der Waals surface area contributed by atoms with Crippen molar-refractivity contribution < 1.29 is 22.5 Å². The average Bonchev–Trinajstić information content (AvgIpc) is 2.82. The van der Waals surface area contributed by atoms with E-state index >= 15 is 0 Å². The van der Waals surface area contributed by atoms with Crippen LogP contribution < -0.4 is 0 Å². The van der Waals surface area contributed by atoms with E-state index in [1.54, 1.807) is 17.9 Å². The van der Waals surface area contributed by atoms with Crippen molar-refractivity contribution in [2.45, 2.75) is 40.3 Å². The molecule has 130 valence electrons. The van der Waals surface area contributed by atoms with Crippen LogP contribution >= 0.6 is 0 Å². The minimum absolute atomic E-state index is 0.00468. The fraction of sp³-hybridized carbons (Fsp3) is 0.733. The highest BCUT2D eigenvalue weighted by Crippen LogP contribution is 2.28. The maximum Gasteiger partial charge on any atom is 0.248 e. The molecule has 1 fully saturated rings. The van der Waals surface area contributed by atoms with Gasteiger partial charge in [-0.3, -0.25) is 4.79 Å². The van der Waals surface area contributed by atoms with Gasteiger partial charge in [0.2, 0.25) is 5.91 Å². The Kier molecular flexibility index (Phi) is 5.15. The molecule has 7 nitrogen and oxygen atoms in total. The van der Waals surface area contributed by atoms with Gasteiger partial charge in [0.05, 0.1) is 24.2 Å². The van der Waals surface area contributed by atoms with Gasteiger partial charge < -0.3 is 14.2 Å². The van der Waals surface area contributed by atoms with E-state index in [0.29, 0.717) is 11.5 Å². The van der Waals surface area contributed by atoms with E-state index in [1.165, 1.54) is 0 Å². The van der Waals surface area contributed by atoms with Gasteiger partial charge in [-0.25, -0.2) is 8.42 Å². The molecule has 0 N–H and O–H groups in total. The van der Waals surface area contributed by atoms with Crippen LogP contribution in [-0.2, 0) is 26.0 Å². The molecule has 23 heavy (non-hydrogen) atoms. The molecular formula is C15H24N2O5S. The van der Waals surface area contributed by atoms with Gasteiger partial charge in [-0.1, -0.05) is 25.9 Å². The highest BCUT2D eigenvalue weighted by molar-refractivity contribution is 7.91. The fourth-order valence-electron chi connectivity index (χ4n) is 2.63. The third-order valence-electron chi connectivity index (χ3n) is 3.90. The number of sulfone groups is 1. The zero-order valence-corrected chi connectivity index (χ0v) is 14.9. The molecule has 0 aromatic carbocycles. The first-order chi connectivity index (χ1) is 10.6. The summed E-state index contributed by atoms with van der Waals surface area (Å²) in [5, 5.41) is 3.79. The van der Waals surface area contributed by atoms with Crippen LogP contribution in [0.3, 0.4) is 0 Å². The zero-order chi connectivity index (χ0) is 17.3. The van der Waals surface area contributed by atoms with Gasteiger partial charge in [0.15, 0.2) is 9.84 Å². The van der Waals surface area contributed by atoms with Gasteiger partial charge in [0, 0.05) is 12.6 Å². The van der Waals surface area contributed by atoms with Crippen molar-refractivity contribution in [3.8, 4) is 0 Å². The van der Waals surface area contributed by atoms with Gasteiger partial charge in [-0.2, -0.15) is 0 Å². The van der Waals surface area contributed by atoms with E-state index in [4.69, 9.17) is 9.26 Å². The van der Waals surface area contributed by atoms with Crippen molar-refractivity contribution in [3.05, 3.63) is 17.5 Å². The molecule has 0 aliphatic carbocycles. The summed E-state index contributed by atoms with van der Waals surface area (Å²) in [4.78, 5) is 14.1. The summed E-state index contributed by atoms with van der Waals surface area (Å²) < 4.78 is 34.1. The number of ether oxygens (including phenoxy) is 1. The Morgan fingerprint density at radius 2 is 2.17 bits per heavy atom. The molecule has 1 atom stereocenters. The maximum absolute atomic E-state index is 12.4. The van der Waals surface area contributed by atoms with Crippen LogP contribution in [0, 0.1) is 12.3 Å². The third-order valence-corrected chi connectivity index (χ3v) is 5.53. The smallest absolute Gasteiger partial charge is 0.248 e. The fourth-order valence-corrected chi connectivity index (χ4v) is 4.44. The molecule has 1 unspecified atom stereocenters. The predicted octanol–water partition coefficient (Wildman–Crippen LogP) is 1.17. The van der Waals surface area contributed by atoms with Crippen LogP contribution in [0.1, 0.15) is 32.2 Å². The van der Waals surface area contributed by atoms with Crippen LogP contribution in [0.2, 0.25) is 0 Å². The Hall–Kier alpha value is -1.41. The topological polar surface area (TPSA) is 89.7 Å². The quantitative estimate of drug-likeness (QED) is 0.814. The van der Waals surface area contributed by atoms with Crippen molar-refractivity contribution in [3.63, 3.8) is 0 Å². The Bertz CT molecular complexity index is 660. The number of hydrogen-bond donors (Lipinski definition) is 0. The Balaban J connectivity index is 1.96. The van der Waals surface area contributed by atoms with Gasteiger partial charge in [-0.05, 0) is 12.3 Å². The first kappa shape index (κ1) is 17.9.